The molecule has 2 saturated heterocycles. The number of urea groups is 1. The van der Waals surface area contributed by atoms with Crippen LogP contribution in [0.1, 0.15) is 50.9 Å². The zero-order valence-corrected chi connectivity index (χ0v) is 16.9. The van der Waals surface area contributed by atoms with Gasteiger partial charge in [-0.25, -0.2) is 14.8 Å². The highest BCUT2D eigenvalue weighted by atomic mass is 16.2. The van der Waals surface area contributed by atoms with Gasteiger partial charge in [-0.3, -0.25) is 14.9 Å². The van der Waals surface area contributed by atoms with Crippen LogP contribution in [0, 0.1) is 5.92 Å². The van der Waals surface area contributed by atoms with Crippen LogP contribution in [0.3, 0.4) is 0 Å². The third-order valence-electron chi connectivity index (χ3n) is 5.15. The molecule has 152 valence electrons. The first kappa shape index (κ1) is 20.0. The number of nitrogens with one attached hydrogen (secondary N) is 2. The fourth-order valence-corrected chi connectivity index (χ4v) is 3.75. The fraction of sp³-hybridized carbons (Fsp3) is 0.632. The lowest BCUT2D eigenvalue weighted by Crippen LogP contribution is -2.58. The summed E-state index contributed by atoms with van der Waals surface area (Å²) in [6.45, 7) is 9.32. The molecule has 2 aliphatic heterocycles. The van der Waals surface area contributed by atoms with E-state index in [4.69, 9.17) is 0 Å². The summed E-state index contributed by atoms with van der Waals surface area (Å²) in [6, 6.07) is -0.131. The van der Waals surface area contributed by atoms with Crippen LogP contribution in [0.2, 0.25) is 0 Å². The smallest absolute Gasteiger partial charge is 0.325 e. The van der Waals surface area contributed by atoms with Gasteiger partial charge in [0.25, 0.3) is 11.8 Å². The Morgan fingerprint density at radius 1 is 1.18 bits per heavy atom. The molecule has 0 aromatic carbocycles. The van der Waals surface area contributed by atoms with Crippen molar-refractivity contribution >= 4 is 23.8 Å². The summed E-state index contributed by atoms with van der Waals surface area (Å²) in [6.07, 6.45) is 3.89. The number of piperidine rings is 1. The highest BCUT2D eigenvalue weighted by molar-refractivity contribution is 6.07. The van der Waals surface area contributed by atoms with E-state index in [-0.39, 0.29) is 29.8 Å². The Balaban J connectivity index is 1.68. The molecule has 0 aliphatic carbocycles. The van der Waals surface area contributed by atoms with Crippen LogP contribution in [-0.2, 0) is 4.79 Å². The molecule has 9 heteroatoms. The Labute approximate surface area is 164 Å². The fourth-order valence-electron chi connectivity index (χ4n) is 3.75. The zero-order valence-electron chi connectivity index (χ0n) is 16.9. The van der Waals surface area contributed by atoms with Crippen LogP contribution >= 0.6 is 0 Å². The van der Waals surface area contributed by atoms with Crippen molar-refractivity contribution in [3.8, 4) is 0 Å². The predicted octanol–water partition coefficient (Wildman–Crippen LogP) is 1.48. The molecule has 1 aromatic rings. The maximum atomic E-state index is 12.8. The second-order valence-electron chi connectivity index (χ2n) is 8.18. The number of amides is 4. The second kappa shape index (κ2) is 7.73. The third kappa shape index (κ3) is 3.79. The predicted molar refractivity (Wildman–Crippen MR) is 104 cm³/mol. The molecule has 0 unspecified atom stereocenters. The number of nitrogens with zero attached hydrogens (tertiary/aromatic N) is 4. The van der Waals surface area contributed by atoms with Crippen LogP contribution in [-0.4, -0.2) is 68.8 Å². The minimum absolute atomic E-state index is 0.161. The highest BCUT2D eigenvalue weighted by Gasteiger charge is 2.54. The Kier molecular flexibility index (Phi) is 5.53. The topological polar surface area (TPSA) is 108 Å². The normalized spacial score (nSPS) is 18.9. The Morgan fingerprint density at radius 2 is 1.79 bits per heavy atom. The maximum absolute atomic E-state index is 12.8. The lowest BCUT2D eigenvalue weighted by molar-refractivity contribution is -0.129. The molecule has 1 aromatic heterocycles. The number of imide groups is 1. The van der Waals surface area contributed by atoms with E-state index in [1.165, 1.54) is 12.4 Å². The van der Waals surface area contributed by atoms with Gasteiger partial charge >= 0.3 is 6.03 Å². The van der Waals surface area contributed by atoms with Crippen molar-refractivity contribution in [1.29, 1.82) is 0 Å². The molecule has 4 amide bonds. The molecule has 3 heterocycles. The lowest BCUT2D eigenvalue weighted by atomic mass is 9.85. The molecule has 2 aliphatic rings. The number of anilines is 1. The van der Waals surface area contributed by atoms with Crippen LogP contribution in [0.5, 0.6) is 0 Å². The van der Waals surface area contributed by atoms with E-state index >= 15 is 0 Å². The number of rotatable bonds is 5. The third-order valence-corrected chi connectivity index (χ3v) is 5.15. The standard InChI is InChI=1S/C19H28N6O3/c1-12(2)11-25-18(28)23-16(27)19(25)5-7-24(8-6-19)15(26)14-9-20-17(21-10-14)22-13(3)4/h9-10,12-13H,5-8,11H2,1-4H3,(H,20,21,22)(H,23,27,28). The van der Waals surface area contributed by atoms with E-state index in [1.54, 1.807) is 9.80 Å². The zero-order chi connectivity index (χ0) is 20.5. The van der Waals surface area contributed by atoms with E-state index in [0.717, 1.165) is 0 Å². The van der Waals surface area contributed by atoms with Crippen molar-refractivity contribution in [3.05, 3.63) is 18.0 Å². The Hall–Kier alpha value is -2.71. The molecular formula is C19H28N6O3. The minimum Gasteiger partial charge on any atom is -0.352 e. The summed E-state index contributed by atoms with van der Waals surface area (Å²) in [5, 5.41) is 5.53. The van der Waals surface area contributed by atoms with Gasteiger partial charge in [0, 0.05) is 38.1 Å². The summed E-state index contributed by atoms with van der Waals surface area (Å²) >= 11 is 0. The van der Waals surface area contributed by atoms with Crippen LogP contribution in [0.25, 0.3) is 0 Å². The van der Waals surface area contributed by atoms with Crippen molar-refractivity contribution in [2.45, 2.75) is 52.1 Å². The van der Waals surface area contributed by atoms with Gasteiger partial charge in [-0.1, -0.05) is 13.8 Å². The number of hydrogen-bond acceptors (Lipinski definition) is 6. The van der Waals surface area contributed by atoms with Gasteiger partial charge < -0.3 is 15.1 Å². The van der Waals surface area contributed by atoms with Gasteiger partial charge in [-0.15, -0.1) is 0 Å². The van der Waals surface area contributed by atoms with Gasteiger partial charge in [-0.05, 0) is 32.6 Å². The second-order valence-corrected chi connectivity index (χ2v) is 8.18. The Bertz CT molecular complexity index is 753. The first-order valence-electron chi connectivity index (χ1n) is 9.74. The minimum atomic E-state index is -0.848. The summed E-state index contributed by atoms with van der Waals surface area (Å²) in [5.74, 6) is 0.321. The summed E-state index contributed by atoms with van der Waals surface area (Å²) < 4.78 is 0. The largest absolute Gasteiger partial charge is 0.352 e. The molecule has 3 rings (SSSR count). The quantitative estimate of drug-likeness (QED) is 0.740. The summed E-state index contributed by atoms with van der Waals surface area (Å²) in [5.41, 5.74) is -0.434. The molecule has 0 atom stereocenters. The van der Waals surface area contributed by atoms with Gasteiger partial charge in [0.1, 0.15) is 5.54 Å². The SMILES string of the molecule is CC(C)CN1C(=O)NC(=O)C12CCN(C(=O)c1cnc(NC(C)C)nc1)CC2. The van der Waals surface area contributed by atoms with E-state index in [0.29, 0.717) is 44.0 Å². The summed E-state index contributed by atoms with van der Waals surface area (Å²) in [4.78, 5) is 49.3. The molecular weight excluding hydrogens is 360 g/mol. The van der Waals surface area contributed by atoms with Gasteiger partial charge in [0.2, 0.25) is 5.95 Å². The maximum Gasteiger partial charge on any atom is 0.325 e. The van der Waals surface area contributed by atoms with E-state index in [9.17, 15) is 14.4 Å². The van der Waals surface area contributed by atoms with Crippen LogP contribution < -0.4 is 10.6 Å². The molecule has 9 nitrogen and oxygen atoms in total. The number of aromatic nitrogens is 2. The Morgan fingerprint density at radius 3 is 2.32 bits per heavy atom. The molecule has 2 fully saturated rings. The first-order chi connectivity index (χ1) is 13.2. The van der Waals surface area contributed by atoms with Crippen LogP contribution in [0.15, 0.2) is 12.4 Å². The average Bonchev–Trinajstić information content (AvgIpc) is 2.86. The lowest BCUT2D eigenvalue weighted by Gasteiger charge is -2.42. The molecule has 0 bridgehead atoms. The van der Waals surface area contributed by atoms with Crippen molar-refractivity contribution in [2.24, 2.45) is 5.92 Å². The summed E-state index contributed by atoms with van der Waals surface area (Å²) in [7, 11) is 0. The number of hydrogen-bond donors (Lipinski definition) is 2. The van der Waals surface area contributed by atoms with Gasteiger partial charge in [0.05, 0.1) is 5.56 Å². The molecule has 28 heavy (non-hydrogen) atoms. The molecule has 0 saturated carbocycles. The van der Waals surface area contributed by atoms with E-state index in [2.05, 4.69) is 20.6 Å². The van der Waals surface area contributed by atoms with Gasteiger partial charge in [-0.2, -0.15) is 0 Å². The van der Waals surface area contributed by atoms with Crippen molar-refractivity contribution < 1.29 is 14.4 Å². The van der Waals surface area contributed by atoms with Gasteiger partial charge in [0.15, 0.2) is 0 Å². The molecule has 0 radical (unpaired) electrons. The highest BCUT2D eigenvalue weighted by Crippen LogP contribution is 2.34. The van der Waals surface area contributed by atoms with Crippen molar-refractivity contribution in [3.63, 3.8) is 0 Å². The van der Waals surface area contributed by atoms with E-state index < -0.39 is 5.54 Å². The van der Waals surface area contributed by atoms with Crippen molar-refractivity contribution in [1.82, 2.24) is 25.1 Å². The first-order valence-corrected chi connectivity index (χ1v) is 9.74. The molecule has 1 spiro atoms. The van der Waals surface area contributed by atoms with Crippen LogP contribution in [0.4, 0.5) is 10.7 Å². The average molecular weight is 388 g/mol. The molecule has 2 N–H and O–H groups in total. The monoisotopic (exact) mass is 388 g/mol. The number of carbonyl (C=O) groups is 3. The van der Waals surface area contributed by atoms with E-state index in [1.807, 2.05) is 27.7 Å². The number of carbonyl (C=O) groups excluding carboxylic acids is 3. The van der Waals surface area contributed by atoms with Crippen molar-refractivity contribution in [2.75, 3.05) is 25.0 Å². The number of likely N-dealkylation sites (tertiary alicyclic amines) is 1.